The minimum Gasteiger partial charge on any atom is -0.118 e. The Labute approximate surface area is 98.7 Å². The quantitative estimate of drug-likeness (QED) is 0.434. The lowest BCUT2D eigenvalue weighted by Gasteiger charge is -2.09. The molecule has 84 valence electrons. The van der Waals surface area contributed by atoms with Crippen LogP contribution in [-0.4, -0.2) is 0 Å². The van der Waals surface area contributed by atoms with Crippen LogP contribution in [0.25, 0.3) is 0 Å². The average Bonchev–Trinajstić information content (AvgIpc) is 2.30. The Kier molecular flexibility index (Phi) is 6.50. The minimum atomic E-state index is 0.202. The summed E-state index contributed by atoms with van der Waals surface area (Å²) in [6.45, 7) is 2.24. The second kappa shape index (κ2) is 7.76. The summed E-state index contributed by atoms with van der Waals surface area (Å²) >= 11 is 6.32. The van der Waals surface area contributed by atoms with E-state index in [0.29, 0.717) is 0 Å². The number of alkyl halides is 1. The van der Waals surface area contributed by atoms with E-state index < -0.39 is 0 Å². The van der Waals surface area contributed by atoms with Crippen LogP contribution in [0.1, 0.15) is 56.4 Å². The fourth-order valence-electron chi connectivity index (χ4n) is 1.76. The normalized spacial score (nSPS) is 12.7. The van der Waals surface area contributed by atoms with Gasteiger partial charge in [-0.3, -0.25) is 0 Å². The van der Waals surface area contributed by atoms with Crippen molar-refractivity contribution in [3.8, 4) is 0 Å². The van der Waals surface area contributed by atoms with Gasteiger partial charge in [0.25, 0.3) is 0 Å². The van der Waals surface area contributed by atoms with E-state index in [2.05, 4.69) is 31.2 Å². The zero-order valence-electron chi connectivity index (χ0n) is 9.58. The smallest absolute Gasteiger partial charge is 0.0585 e. The fourth-order valence-corrected chi connectivity index (χ4v) is 2.06. The van der Waals surface area contributed by atoms with Crippen molar-refractivity contribution in [2.45, 2.75) is 50.8 Å². The van der Waals surface area contributed by atoms with Crippen LogP contribution in [-0.2, 0) is 0 Å². The number of hydrogen-bond donors (Lipinski definition) is 0. The van der Waals surface area contributed by atoms with E-state index in [4.69, 9.17) is 11.6 Å². The molecule has 0 saturated heterocycles. The molecule has 0 fully saturated rings. The third-order valence-corrected chi connectivity index (χ3v) is 3.19. The molecule has 0 saturated carbocycles. The Morgan fingerprint density at radius 3 is 2.33 bits per heavy atom. The first-order valence-corrected chi connectivity index (χ1v) is 6.47. The largest absolute Gasteiger partial charge is 0.118 e. The van der Waals surface area contributed by atoms with Crippen LogP contribution in [0.5, 0.6) is 0 Å². The lowest BCUT2D eigenvalue weighted by molar-refractivity contribution is 0.601. The van der Waals surface area contributed by atoms with Crippen molar-refractivity contribution in [2.24, 2.45) is 0 Å². The number of hydrogen-bond acceptors (Lipinski definition) is 0. The van der Waals surface area contributed by atoms with Gasteiger partial charge < -0.3 is 0 Å². The molecule has 0 N–H and O–H groups in total. The predicted octanol–water partition coefficient (Wildman–Crippen LogP) is 5.33. The first kappa shape index (κ1) is 12.6. The van der Waals surface area contributed by atoms with Gasteiger partial charge in [0.05, 0.1) is 5.38 Å². The van der Waals surface area contributed by atoms with Crippen molar-refractivity contribution in [3.63, 3.8) is 0 Å². The van der Waals surface area contributed by atoms with E-state index in [1.165, 1.54) is 37.7 Å². The van der Waals surface area contributed by atoms with Crippen LogP contribution in [0.2, 0.25) is 0 Å². The van der Waals surface area contributed by atoms with Crippen molar-refractivity contribution in [3.05, 3.63) is 35.9 Å². The summed E-state index contributed by atoms with van der Waals surface area (Å²) in [5, 5.41) is 0.202. The summed E-state index contributed by atoms with van der Waals surface area (Å²) in [7, 11) is 0. The van der Waals surface area contributed by atoms with Crippen LogP contribution in [0.3, 0.4) is 0 Å². The van der Waals surface area contributed by atoms with Crippen molar-refractivity contribution in [1.82, 2.24) is 0 Å². The summed E-state index contributed by atoms with van der Waals surface area (Å²) in [5.74, 6) is 0. The van der Waals surface area contributed by atoms with Crippen molar-refractivity contribution < 1.29 is 0 Å². The third-order valence-electron chi connectivity index (χ3n) is 2.72. The Balaban J connectivity index is 2.16. The molecule has 15 heavy (non-hydrogen) atoms. The first-order valence-electron chi connectivity index (χ1n) is 6.03. The second-order valence-corrected chi connectivity index (χ2v) is 4.61. The van der Waals surface area contributed by atoms with E-state index in [-0.39, 0.29) is 5.38 Å². The lowest BCUT2D eigenvalue weighted by Crippen LogP contribution is -1.90. The molecule has 0 radical (unpaired) electrons. The highest BCUT2D eigenvalue weighted by Crippen LogP contribution is 2.26. The highest BCUT2D eigenvalue weighted by atomic mass is 35.5. The molecule has 0 heterocycles. The molecule has 1 unspecified atom stereocenters. The van der Waals surface area contributed by atoms with Gasteiger partial charge in [0.15, 0.2) is 0 Å². The zero-order valence-corrected chi connectivity index (χ0v) is 10.3. The summed E-state index contributed by atoms with van der Waals surface area (Å²) in [4.78, 5) is 0. The molecule has 1 heteroatoms. The summed E-state index contributed by atoms with van der Waals surface area (Å²) in [6, 6.07) is 10.4. The summed E-state index contributed by atoms with van der Waals surface area (Å²) < 4.78 is 0. The first-order chi connectivity index (χ1) is 7.34. The Morgan fingerprint density at radius 1 is 1.00 bits per heavy atom. The fraction of sp³-hybridized carbons (Fsp3) is 0.571. The van der Waals surface area contributed by atoms with Gasteiger partial charge in [0.2, 0.25) is 0 Å². The molecular weight excluding hydrogens is 204 g/mol. The molecule has 0 aliphatic rings. The molecule has 1 aromatic rings. The monoisotopic (exact) mass is 224 g/mol. The second-order valence-electron chi connectivity index (χ2n) is 4.08. The molecule has 0 bridgehead atoms. The van der Waals surface area contributed by atoms with Gasteiger partial charge in [-0.2, -0.15) is 0 Å². The lowest BCUT2D eigenvalue weighted by atomic mass is 10.0. The zero-order chi connectivity index (χ0) is 10.9. The van der Waals surface area contributed by atoms with Gasteiger partial charge in [-0.05, 0) is 12.0 Å². The number of halogens is 1. The van der Waals surface area contributed by atoms with Crippen molar-refractivity contribution >= 4 is 11.6 Å². The SMILES string of the molecule is CCCCCCCC(Cl)c1ccccc1. The maximum Gasteiger partial charge on any atom is 0.0585 e. The standard InChI is InChI=1S/C14H21Cl/c1-2-3-4-5-9-12-14(15)13-10-7-6-8-11-13/h6-8,10-11,14H,2-5,9,12H2,1H3. The molecule has 0 aromatic heterocycles. The molecule has 1 rings (SSSR count). The predicted molar refractivity (Wildman–Crippen MR) is 68.4 cm³/mol. The molecular formula is C14H21Cl. The van der Waals surface area contributed by atoms with Gasteiger partial charge in [0, 0.05) is 0 Å². The van der Waals surface area contributed by atoms with Crippen LogP contribution in [0.4, 0.5) is 0 Å². The number of benzene rings is 1. The Hall–Kier alpha value is -0.490. The molecule has 0 amide bonds. The van der Waals surface area contributed by atoms with E-state index >= 15 is 0 Å². The van der Waals surface area contributed by atoms with Crippen molar-refractivity contribution in [2.75, 3.05) is 0 Å². The third kappa shape index (κ3) is 5.22. The maximum atomic E-state index is 6.32. The van der Waals surface area contributed by atoms with E-state index in [1.807, 2.05) is 6.07 Å². The Morgan fingerprint density at radius 2 is 1.67 bits per heavy atom. The molecule has 0 aliphatic carbocycles. The number of unbranched alkanes of at least 4 members (excludes halogenated alkanes) is 4. The molecule has 1 atom stereocenters. The Bertz CT molecular complexity index is 243. The van der Waals surface area contributed by atoms with Crippen LogP contribution < -0.4 is 0 Å². The van der Waals surface area contributed by atoms with Gasteiger partial charge in [-0.25, -0.2) is 0 Å². The molecule has 1 aromatic carbocycles. The van der Waals surface area contributed by atoms with Crippen molar-refractivity contribution in [1.29, 1.82) is 0 Å². The number of rotatable bonds is 7. The van der Waals surface area contributed by atoms with Gasteiger partial charge in [-0.15, -0.1) is 11.6 Å². The highest BCUT2D eigenvalue weighted by Gasteiger charge is 2.05. The molecule has 0 nitrogen and oxygen atoms in total. The van der Waals surface area contributed by atoms with Crippen LogP contribution in [0.15, 0.2) is 30.3 Å². The maximum absolute atomic E-state index is 6.32. The van der Waals surface area contributed by atoms with Crippen LogP contribution >= 0.6 is 11.6 Å². The van der Waals surface area contributed by atoms with E-state index in [1.54, 1.807) is 0 Å². The average molecular weight is 225 g/mol. The molecule has 0 aliphatic heterocycles. The highest BCUT2D eigenvalue weighted by molar-refractivity contribution is 6.20. The summed E-state index contributed by atoms with van der Waals surface area (Å²) in [6.07, 6.45) is 7.71. The van der Waals surface area contributed by atoms with Crippen LogP contribution in [0, 0.1) is 0 Å². The van der Waals surface area contributed by atoms with Gasteiger partial charge in [-0.1, -0.05) is 69.4 Å². The van der Waals surface area contributed by atoms with E-state index in [0.717, 1.165) is 6.42 Å². The molecule has 0 spiro atoms. The van der Waals surface area contributed by atoms with Gasteiger partial charge in [0.1, 0.15) is 0 Å². The van der Waals surface area contributed by atoms with E-state index in [9.17, 15) is 0 Å². The minimum absolute atomic E-state index is 0.202. The summed E-state index contributed by atoms with van der Waals surface area (Å²) in [5.41, 5.74) is 1.26. The topological polar surface area (TPSA) is 0 Å². The van der Waals surface area contributed by atoms with Gasteiger partial charge >= 0.3 is 0 Å².